The van der Waals surface area contributed by atoms with Crippen molar-refractivity contribution < 1.29 is 9.90 Å². The van der Waals surface area contributed by atoms with E-state index in [1.165, 1.54) is 6.08 Å². The predicted octanol–water partition coefficient (Wildman–Crippen LogP) is 2.02. The van der Waals surface area contributed by atoms with Gasteiger partial charge in [-0.1, -0.05) is 19.9 Å². The van der Waals surface area contributed by atoms with Crippen LogP contribution in [-0.4, -0.2) is 22.6 Å². The summed E-state index contributed by atoms with van der Waals surface area (Å²) >= 11 is 1.75. The summed E-state index contributed by atoms with van der Waals surface area (Å²) in [6.45, 7) is 4.29. The first-order valence-corrected chi connectivity index (χ1v) is 4.75. The lowest BCUT2D eigenvalue weighted by Gasteiger charge is -1.99. The van der Waals surface area contributed by atoms with E-state index >= 15 is 0 Å². The largest absolute Gasteiger partial charge is 0.478 e. The van der Waals surface area contributed by atoms with E-state index in [4.69, 9.17) is 5.11 Å². The van der Waals surface area contributed by atoms with Gasteiger partial charge in [0, 0.05) is 11.8 Å². The van der Waals surface area contributed by atoms with Crippen LogP contribution in [0.3, 0.4) is 0 Å². The molecule has 0 aliphatic rings. The molecule has 64 valence electrons. The van der Waals surface area contributed by atoms with Gasteiger partial charge in [-0.2, -0.15) is 11.8 Å². The smallest absolute Gasteiger partial charge is 0.328 e. The SMILES string of the molecule is CC(C)CSC/C=C/C(=O)O. The van der Waals surface area contributed by atoms with Gasteiger partial charge in [0.05, 0.1) is 0 Å². The molecule has 0 heterocycles. The van der Waals surface area contributed by atoms with E-state index in [1.807, 2.05) is 0 Å². The van der Waals surface area contributed by atoms with Crippen LogP contribution in [-0.2, 0) is 4.79 Å². The van der Waals surface area contributed by atoms with Crippen LogP contribution in [0.5, 0.6) is 0 Å². The summed E-state index contributed by atoms with van der Waals surface area (Å²) in [7, 11) is 0. The summed E-state index contributed by atoms with van der Waals surface area (Å²) < 4.78 is 0. The third-order valence-corrected chi connectivity index (χ3v) is 2.26. The minimum absolute atomic E-state index is 0.679. The number of hydrogen-bond donors (Lipinski definition) is 1. The fourth-order valence-corrected chi connectivity index (χ4v) is 1.36. The third-order valence-electron chi connectivity index (χ3n) is 0.926. The van der Waals surface area contributed by atoms with Crippen molar-refractivity contribution in [3.63, 3.8) is 0 Å². The summed E-state index contributed by atoms with van der Waals surface area (Å²) in [5.74, 6) is 1.70. The fourth-order valence-electron chi connectivity index (χ4n) is 0.521. The molecule has 0 unspecified atom stereocenters. The second-order valence-electron chi connectivity index (χ2n) is 2.67. The Morgan fingerprint density at radius 2 is 2.27 bits per heavy atom. The van der Waals surface area contributed by atoms with E-state index in [-0.39, 0.29) is 0 Å². The molecule has 0 radical (unpaired) electrons. The fraction of sp³-hybridized carbons (Fsp3) is 0.625. The highest BCUT2D eigenvalue weighted by molar-refractivity contribution is 7.99. The van der Waals surface area contributed by atoms with Crippen molar-refractivity contribution in [1.29, 1.82) is 0 Å². The zero-order valence-corrected chi connectivity index (χ0v) is 7.73. The van der Waals surface area contributed by atoms with Crippen molar-refractivity contribution in [1.82, 2.24) is 0 Å². The van der Waals surface area contributed by atoms with Crippen LogP contribution in [0, 0.1) is 5.92 Å². The summed E-state index contributed by atoms with van der Waals surface area (Å²) in [6, 6.07) is 0. The van der Waals surface area contributed by atoms with E-state index in [0.717, 1.165) is 11.5 Å². The van der Waals surface area contributed by atoms with Gasteiger partial charge in [0.2, 0.25) is 0 Å². The van der Waals surface area contributed by atoms with Crippen molar-refractivity contribution in [3.05, 3.63) is 12.2 Å². The lowest BCUT2D eigenvalue weighted by atomic mass is 10.3. The van der Waals surface area contributed by atoms with E-state index in [2.05, 4.69) is 13.8 Å². The second kappa shape index (κ2) is 6.28. The monoisotopic (exact) mass is 174 g/mol. The second-order valence-corrected chi connectivity index (χ2v) is 3.75. The average molecular weight is 174 g/mol. The van der Waals surface area contributed by atoms with E-state index in [0.29, 0.717) is 5.92 Å². The first-order valence-electron chi connectivity index (χ1n) is 3.60. The van der Waals surface area contributed by atoms with Gasteiger partial charge in [0.15, 0.2) is 0 Å². The van der Waals surface area contributed by atoms with Gasteiger partial charge >= 0.3 is 5.97 Å². The van der Waals surface area contributed by atoms with E-state index < -0.39 is 5.97 Å². The van der Waals surface area contributed by atoms with E-state index in [1.54, 1.807) is 17.8 Å². The molecule has 0 fully saturated rings. The standard InChI is InChI=1S/C8H14O2S/c1-7(2)6-11-5-3-4-8(9)10/h3-4,7H,5-6H2,1-2H3,(H,9,10)/b4-3+. The van der Waals surface area contributed by atoms with Gasteiger partial charge in [0.1, 0.15) is 0 Å². The Morgan fingerprint density at radius 3 is 2.73 bits per heavy atom. The Labute approximate surface area is 71.7 Å². The van der Waals surface area contributed by atoms with Gasteiger partial charge in [-0.25, -0.2) is 4.79 Å². The molecule has 0 atom stereocenters. The van der Waals surface area contributed by atoms with Crippen LogP contribution in [0.4, 0.5) is 0 Å². The van der Waals surface area contributed by atoms with Gasteiger partial charge < -0.3 is 5.11 Å². The van der Waals surface area contributed by atoms with Gasteiger partial charge in [-0.05, 0) is 11.7 Å². The van der Waals surface area contributed by atoms with Gasteiger partial charge in [-0.3, -0.25) is 0 Å². The zero-order chi connectivity index (χ0) is 8.69. The summed E-state index contributed by atoms with van der Waals surface area (Å²) in [6.07, 6.45) is 2.86. The molecule has 0 bridgehead atoms. The molecular formula is C8H14O2S. The molecule has 0 aliphatic heterocycles. The highest BCUT2D eigenvalue weighted by atomic mass is 32.2. The van der Waals surface area contributed by atoms with E-state index in [9.17, 15) is 4.79 Å². The highest BCUT2D eigenvalue weighted by Gasteiger charge is 1.91. The maximum atomic E-state index is 10.0. The molecule has 0 aromatic carbocycles. The predicted molar refractivity (Wildman–Crippen MR) is 48.9 cm³/mol. The van der Waals surface area contributed by atoms with Crippen molar-refractivity contribution in [3.8, 4) is 0 Å². The minimum Gasteiger partial charge on any atom is -0.478 e. The Morgan fingerprint density at radius 1 is 1.64 bits per heavy atom. The number of carboxylic acids is 1. The maximum Gasteiger partial charge on any atom is 0.328 e. The Hall–Kier alpha value is -0.440. The van der Waals surface area contributed by atoms with Crippen LogP contribution in [0.1, 0.15) is 13.8 Å². The van der Waals surface area contributed by atoms with Gasteiger partial charge in [0.25, 0.3) is 0 Å². The number of rotatable bonds is 5. The van der Waals surface area contributed by atoms with Gasteiger partial charge in [-0.15, -0.1) is 0 Å². The number of carboxylic acid groups (broad SMARTS) is 1. The van der Waals surface area contributed by atoms with Crippen LogP contribution < -0.4 is 0 Å². The first kappa shape index (κ1) is 10.6. The number of hydrogen-bond acceptors (Lipinski definition) is 2. The Bertz CT molecular complexity index is 141. The number of carbonyl (C=O) groups is 1. The molecule has 1 N–H and O–H groups in total. The molecule has 0 aliphatic carbocycles. The Kier molecular flexibility index (Phi) is 6.03. The van der Waals surface area contributed by atoms with Crippen molar-refractivity contribution in [2.24, 2.45) is 5.92 Å². The number of aliphatic carboxylic acids is 1. The molecule has 2 nitrogen and oxygen atoms in total. The maximum absolute atomic E-state index is 10.0. The zero-order valence-electron chi connectivity index (χ0n) is 6.91. The molecule has 0 amide bonds. The molecule has 0 aromatic rings. The topological polar surface area (TPSA) is 37.3 Å². The quantitative estimate of drug-likeness (QED) is 0.512. The lowest BCUT2D eigenvalue weighted by Crippen LogP contribution is -1.91. The van der Waals surface area contributed by atoms with Crippen molar-refractivity contribution in [2.75, 3.05) is 11.5 Å². The molecular weight excluding hydrogens is 160 g/mol. The number of thioether (sulfide) groups is 1. The van der Waals surface area contributed by atoms with Crippen LogP contribution >= 0.6 is 11.8 Å². The van der Waals surface area contributed by atoms with Crippen LogP contribution in [0.25, 0.3) is 0 Å². The summed E-state index contributed by atoms with van der Waals surface area (Å²) in [5.41, 5.74) is 0. The highest BCUT2D eigenvalue weighted by Crippen LogP contribution is 2.06. The molecule has 0 saturated heterocycles. The normalized spacial score (nSPS) is 11.2. The Balaban J connectivity index is 3.21. The van der Waals surface area contributed by atoms with Crippen LogP contribution in [0.15, 0.2) is 12.2 Å². The molecule has 0 rings (SSSR count). The van der Waals surface area contributed by atoms with Crippen LogP contribution in [0.2, 0.25) is 0 Å². The van der Waals surface area contributed by atoms with Crippen molar-refractivity contribution >= 4 is 17.7 Å². The summed E-state index contributed by atoms with van der Waals surface area (Å²) in [4.78, 5) is 10.0. The average Bonchev–Trinajstić information content (AvgIpc) is 1.85. The molecule has 0 aromatic heterocycles. The third kappa shape index (κ3) is 9.56. The molecule has 0 spiro atoms. The minimum atomic E-state index is -0.866. The molecule has 0 saturated carbocycles. The molecule has 11 heavy (non-hydrogen) atoms. The molecule has 3 heteroatoms. The summed E-state index contributed by atoms with van der Waals surface area (Å²) in [5, 5.41) is 8.23. The van der Waals surface area contributed by atoms with Crippen molar-refractivity contribution in [2.45, 2.75) is 13.8 Å². The lowest BCUT2D eigenvalue weighted by molar-refractivity contribution is -0.131. The first-order chi connectivity index (χ1) is 5.13.